The molecule has 0 radical (unpaired) electrons. The van der Waals surface area contributed by atoms with Crippen LogP contribution >= 0.6 is 11.6 Å². The molecule has 136 valence electrons. The van der Waals surface area contributed by atoms with Crippen LogP contribution in [0.5, 0.6) is 0 Å². The van der Waals surface area contributed by atoms with Crippen molar-refractivity contribution in [1.29, 1.82) is 5.26 Å². The van der Waals surface area contributed by atoms with Gasteiger partial charge in [-0.25, -0.2) is 9.37 Å². The number of hydrogen-bond donors (Lipinski definition) is 2. The molecule has 1 aromatic carbocycles. The van der Waals surface area contributed by atoms with Crippen molar-refractivity contribution in [3.8, 4) is 17.2 Å². The molecule has 2 N–H and O–H groups in total. The van der Waals surface area contributed by atoms with Gasteiger partial charge in [0.1, 0.15) is 16.8 Å². The number of nitrogens with one attached hydrogen (secondary N) is 1. The first kappa shape index (κ1) is 19.7. The van der Waals surface area contributed by atoms with E-state index in [0.29, 0.717) is 5.56 Å². The van der Waals surface area contributed by atoms with Crippen LogP contribution in [0.1, 0.15) is 32.8 Å². The number of aromatic nitrogens is 1. The van der Waals surface area contributed by atoms with Crippen LogP contribution < -0.4 is 5.32 Å². The molecule has 1 atom stereocenters. The molecule has 0 saturated heterocycles. The Kier molecular flexibility index (Phi) is 5.83. The van der Waals surface area contributed by atoms with Crippen LogP contribution in [-0.4, -0.2) is 22.1 Å². The Morgan fingerprint density at radius 2 is 2.00 bits per heavy atom. The Bertz CT molecular complexity index is 858. The zero-order valence-electron chi connectivity index (χ0n) is 14.7. The largest absolute Gasteiger partial charge is 0.481 e. The van der Waals surface area contributed by atoms with Crippen molar-refractivity contribution in [2.24, 2.45) is 5.41 Å². The van der Waals surface area contributed by atoms with Gasteiger partial charge in [0.15, 0.2) is 11.6 Å². The van der Waals surface area contributed by atoms with Gasteiger partial charge in [-0.05, 0) is 11.0 Å². The third kappa shape index (κ3) is 4.30. The zero-order valence-corrected chi connectivity index (χ0v) is 15.4. The van der Waals surface area contributed by atoms with Crippen molar-refractivity contribution in [2.45, 2.75) is 33.2 Å². The molecular formula is C19H19ClFN3O2. The van der Waals surface area contributed by atoms with Gasteiger partial charge in [0.2, 0.25) is 0 Å². The molecule has 0 aliphatic carbocycles. The second kappa shape index (κ2) is 7.71. The van der Waals surface area contributed by atoms with Gasteiger partial charge in [-0.15, -0.1) is 0 Å². The van der Waals surface area contributed by atoms with Gasteiger partial charge in [0.05, 0.1) is 6.42 Å². The Labute approximate surface area is 156 Å². The van der Waals surface area contributed by atoms with Crippen LogP contribution in [0.3, 0.4) is 0 Å². The van der Waals surface area contributed by atoms with E-state index in [1.54, 1.807) is 30.3 Å². The summed E-state index contributed by atoms with van der Waals surface area (Å²) in [6.45, 7) is 5.53. The summed E-state index contributed by atoms with van der Waals surface area (Å²) in [5.74, 6) is -1.92. The van der Waals surface area contributed by atoms with Crippen molar-refractivity contribution in [3.63, 3.8) is 0 Å². The van der Waals surface area contributed by atoms with Crippen molar-refractivity contribution in [3.05, 3.63) is 46.9 Å². The highest BCUT2D eigenvalue weighted by Crippen LogP contribution is 2.35. The van der Waals surface area contributed by atoms with E-state index in [1.165, 1.54) is 0 Å². The summed E-state index contributed by atoms with van der Waals surface area (Å²) in [5.41, 5.74) is -0.00994. The van der Waals surface area contributed by atoms with Crippen LogP contribution in [0, 0.1) is 22.6 Å². The van der Waals surface area contributed by atoms with E-state index in [-0.39, 0.29) is 28.5 Å². The molecular weight excluding hydrogens is 357 g/mol. The standard InChI is InChI=1S/C19H19ClFN3O2/c1-19(2,3)13(9-14(25)26)23-18-16(21)15(11-7-5-4-6-8-11)12(10-22)17(20)24-18/h4-8,13H,9H2,1-3H3,(H,23,24)(H,25,26). The van der Waals surface area contributed by atoms with Gasteiger partial charge < -0.3 is 10.4 Å². The SMILES string of the molecule is CC(C)(C)C(CC(=O)O)Nc1nc(Cl)c(C#N)c(-c2ccccc2)c1F. The van der Waals surface area contributed by atoms with Crippen molar-refractivity contribution < 1.29 is 14.3 Å². The normalized spacial score (nSPS) is 12.3. The third-order valence-corrected chi connectivity index (χ3v) is 4.28. The van der Waals surface area contributed by atoms with Gasteiger partial charge in [-0.2, -0.15) is 5.26 Å². The lowest BCUT2D eigenvalue weighted by molar-refractivity contribution is -0.137. The summed E-state index contributed by atoms with van der Waals surface area (Å²) in [6.07, 6.45) is -0.219. The second-order valence-corrected chi connectivity index (χ2v) is 7.31. The van der Waals surface area contributed by atoms with E-state index in [4.69, 9.17) is 16.7 Å². The van der Waals surface area contributed by atoms with E-state index in [9.17, 15) is 10.1 Å². The number of pyridine rings is 1. The molecule has 0 saturated carbocycles. The average molecular weight is 376 g/mol. The van der Waals surface area contributed by atoms with Crippen LogP contribution in [0.4, 0.5) is 10.2 Å². The number of carboxylic acids is 1. The summed E-state index contributed by atoms with van der Waals surface area (Å²) >= 11 is 6.10. The van der Waals surface area contributed by atoms with E-state index in [2.05, 4.69) is 10.3 Å². The van der Waals surface area contributed by atoms with Crippen LogP contribution in [0.25, 0.3) is 11.1 Å². The molecule has 0 aliphatic rings. The van der Waals surface area contributed by atoms with Gasteiger partial charge in [0, 0.05) is 11.6 Å². The van der Waals surface area contributed by atoms with Crippen molar-refractivity contribution >= 4 is 23.4 Å². The highest BCUT2D eigenvalue weighted by Gasteiger charge is 2.30. The Morgan fingerprint density at radius 1 is 1.38 bits per heavy atom. The maximum atomic E-state index is 15.2. The molecule has 1 unspecified atom stereocenters. The molecule has 7 heteroatoms. The van der Waals surface area contributed by atoms with E-state index >= 15 is 4.39 Å². The molecule has 0 amide bonds. The number of rotatable bonds is 5. The summed E-state index contributed by atoms with van der Waals surface area (Å²) in [5, 5.41) is 21.2. The zero-order chi connectivity index (χ0) is 19.5. The number of nitriles is 1. The fourth-order valence-corrected chi connectivity index (χ4v) is 2.74. The minimum absolute atomic E-state index is 0.0404. The summed E-state index contributed by atoms with van der Waals surface area (Å²) < 4.78 is 15.2. The Balaban J connectivity index is 2.59. The molecule has 26 heavy (non-hydrogen) atoms. The molecule has 0 fully saturated rings. The molecule has 0 bridgehead atoms. The van der Waals surface area contributed by atoms with Gasteiger partial charge >= 0.3 is 5.97 Å². The topological polar surface area (TPSA) is 86.0 Å². The second-order valence-electron chi connectivity index (χ2n) is 6.95. The summed E-state index contributed by atoms with van der Waals surface area (Å²) in [4.78, 5) is 15.1. The quantitative estimate of drug-likeness (QED) is 0.739. The van der Waals surface area contributed by atoms with Crippen LogP contribution in [-0.2, 0) is 4.79 Å². The number of anilines is 1. The smallest absolute Gasteiger partial charge is 0.305 e. The molecule has 5 nitrogen and oxygen atoms in total. The number of hydrogen-bond acceptors (Lipinski definition) is 4. The first-order valence-corrected chi connectivity index (χ1v) is 8.35. The lowest BCUT2D eigenvalue weighted by atomic mass is 9.84. The lowest BCUT2D eigenvalue weighted by Crippen LogP contribution is -2.36. The molecule has 2 aromatic rings. The highest BCUT2D eigenvalue weighted by atomic mass is 35.5. The first-order chi connectivity index (χ1) is 12.1. The van der Waals surface area contributed by atoms with Crippen LogP contribution in [0.2, 0.25) is 5.15 Å². The predicted octanol–water partition coefficient (Wildman–Crippen LogP) is 4.71. The van der Waals surface area contributed by atoms with E-state index in [1.807, 2.05) is 26.8 Å². The van der Waals surface area contributed by atoms with E-state index < -0.39 is 23.2 Å². The summed E-state index contributed by atoms with van der Waals surface area (Å²) in [7, 11) is 0. The van der Waals surface area contributed by atoms with Crippen molar-refractivity contribution in [2.75, 3.05) is 5.32 Å². The van der Waals surface area contributed by atoms with E-state index in [0.717, 1.165) is 0 Å². The minimum Gasteiger partial charge on any atom is -0.481 e. The summed E-state index contributed by atoms with van der Waals surface area (Å²) in [6, 6.07) is 9.85. The Morgan fingerprint density at radius 3 is 2.50 bits per heavy atom. The number of nitrogens with zero attached hydrogens (tertiary/aromatic N) is 2. The maximum Gasteiger partial charge on any atom is 0.305 e. The number of carboxylic acid groups (broad SMARTS) is 1. The van der Waals surface area contributed by atoms with Crippen LogP contribution in [0.15, 0.2) is 30.3 Å². The highest BCUT2D eigenvalue weighted by molar-refractivity contribution is 6.31. The monoisotopic (exact) mass is 375 g/mol. The number of benzene rings is 1. The number of carbonyl (C=O) groups is 1. The van der Waals surface area contributed by atoms with Crippen molar-refractivity contribution in [1.82, 2.24) is 4.98 Å². The van der Waals surface area contributed by atoms with Gasteiger partial charge in [-0.1, -0.05) is 62.7 Å². The third-order valence-electron chi connectivity index (χ3n) is 4.00. The fourth-order valence-electron chi connectivity index (χ4n) is 2.52. The first-order valence-electron chi connectivity index (χ1n) is 7.98. The number of halogens is 2. The molecule has 1 aromatic heterocycles. The lowest BCUT2D eigenvalue weighted by Gasteiger charge is -2.31. The minimum atomic E-state index is -1.01. The molecule has 1 heterocycles. The maximum absolute atomic E-state index is 15.2. The van der Waals surface area contributed by atoms with Gasteiger partial charge in [-0.3, -0.25) is 4.79 Å². The fraction of sp³-hybridized carbons (Fsp3) is 0.316. The predicted molar refractivity (Wildman–Crippen MR) is 98.5 cm³/mol. The average Bonchev–Trinajstić information content (AvgIpc) is 2.56. The molecule has 2 rings (SSSR count). The molecule has 0 spiro atoms. The number of aliphatic carboxylic acids is 1. The Hall–Kier alpha value is -2.65. The van der Waals surface area contributed by atoms with Gasteiger partial charge in [0.25, 0.3) is 0 Å². The molecule has 0 aliphatic heterocycles.